The van der Waals surface area contributed by atoms with Crippen LogP contribution in [0, 0.1) is 16.0 Å². The third kappa shape index (κ3) is 2.96. The Labute approximate surface area is 146 Å². The second-order valence-electron chi connectivity index (χ2n) is 7.20. The van der Waals surface area contributed by atoms with Gasteiger partial charge in [0, 0.05) is 24.6 Å². The van der Waals surface area contributed by atoms with Crippen molar-refractivity contribution in [2.24, 2.45) is 5.92 Å². The molecular weight excluding hydrogens is 322 g/mol. The van der Waals surface area contributed by atoms with Gasteiger partial charge in [-0.05, 0) is 37.8 Å². The fourth-order valence-electron chi connectivity index (χ4n) is 3.81. The van der Waals surface area contributed by atoms with E-state index in [1.807, 2.05) is 24.3 Å². The molecule has 1 amide bonds. The number of amides is 1. The van der Waals surface area contributed by atoms with Gasteiger partial charge < -0.3 is 9.80 Å². The van der Waals surface area contributed by atoms with Crippen LogP contribution in [0.3, 0.4) is 0 Å². The molecule has 0 radical (unpaired) electrons. The Morgan fingerprint density at radius 3 is 2.64 bits per heavy atom. The molecule has 0 spiro atoms. The van der Waals surface area contributed by atoms with Gasteiger partial charge in [0.2, 0.25) is 0 Å². The Kier molecular flexibility index (Phi) is 4.09. The Hall–Kier alpha value is -2.19. The lowest BCUT2D eigenvalue weighted by Gasteiger charge is -2.38. The zero-order chi connectivity index (χ0) is 17.6. The molecule has 8 heteroatoms. The Balaban J connectivity index is 1.59. The number of hydrogen-bond acceptors (Lipinski definition) is 6. The second-order valence-corrected chi connectivity index (χ2v) is 7.20. The first kappa shape index (κ1) is 16.3. The van der Waals surface area contributed by atoms with Crippen molar-refractivity contribution in [3.05, 3.63) is 34.4 Å². The van der Waals surface area contributed by atoms with Crippen LogP contribution >= 0.6 is 0 Å². The lowest BCUT2D eigenvalue weighted by Crippen LogP contribution is -2.55. The zero-order valence-electron chi connectivity index (χ0n) is 14.2. The van der Waals surface area contributed by atoms with Crippen molar-refractivity contribution < 1.29 is 9.72 Å². The number of nitro groups is 1. The summed E-state index contributed by atoms with van der Waals surface area (Å²) in [6.07, 6.45) is 2.56. The summed E-state index contributed by atoms with van der Waals surface area (Å²) in [6.45, 7) is 4.06. The molecule has 2 N–H and O–H groups in total. The van der Waals surface area contributed by atoms with Crippen molar-refractivity contribution in [2.75, 3.05) is 29.4 Å². The molecule has 2 aliphatic heterocycles. The first-order valence-corrected chi connectivity index (χ1v) is 8.86. The summed E-state index contributed by atoms with van der Waals surface area (Å²) in [5, 5.41) is 11.4. The van der Waals surface area contributed by atoms with Crippen molar-refractivity contribution in [2.45, 2.75) is 37.9 Å². The molecule has 3 aliphatic rings. The van der Waals surface area contributed by atoms with Gasteiger partial charge in [0.25, 0.3) is 11.9 Å². The number of nitrogens with one attached hydrogen (secondary N) is 2. The van der Waals surface area contributed by atoms with Gasteiger partial charge >= 0.3 is 0 Å². The van der Waals surface area contributed by atoms with Gasteiger partial charge in [-0.15, -0.1) is 0 Å². The molecule has 134 valence electrons. The van der Waals surface area contributed by atoms with Crippen LogP contribution in [0.25, 0.3) is 0 Å². The highest BCUT2D eigenvalue weighted by Gasteiger charge is 2.48. The highest BCUT2D eigenvalue weighted by Crippen LogP contribution is 2.37. The van der Waals surface area contributed by atoms with E-state index in [1.165, 1.54) is 12.8 Å². The lowest BCUT2D eigenvalue weighted by molar-refractivity contribution is -0.523. The van der Waals surface area contributed by atoms with E-state index in [-0.39, 0.29) is 10.8 Å². The largest absolute Gasteiger partial charge is 0.368 e. The van der Waals surface area contributed by atoms with Crippen molar-refractivity contribution >= 4 is 17.3 Å². The number of benzene rings is 1. The highest BCUT2D eigenvalue weighted by molar-refractivity contribution is 6.01. The molecule has 1 saturated carbocycles. The monoisotopic (exact) mass is 345 g/mol. The van der Waals surface area contributed by atoms with Gasteiger partial charge in [0.05, 0.1) is 17.4 Å². The van der Waals surface area contributed by atoms with Gasteiger partial charge in [-0.3, -0.25) is 14.9 Å². The number of hydrogen-bond donors (Lipinski definition) is 2. The van der Waals surface area contributed by atoms with E-state index >= 15 is 0 Å². The maximum absolute atomic E-state index is 13.1. The molecule has 0 bridgehead atoms. The second kappa shape index (κ2) is 6.27. The van der Waals surface area contributed by atoms with Crippen molar-refractivity contribution in [1.82, 2.24) is 10.9 Å². The van der Waals surface area contributed by atoms with Crippen molar-refractivity contribution in [3.8, 4) is 0 Å². The SMILES string of the molecule is CC1NNC(C(=O)N2CCN(CC3CC3)c3ccccc32)C1[N+](=O)[O-]. The predicted octanol–water partition coefficient (Wildman–Crippen LogP) is 0.760. The molecule has 25 heavy (non-hydrogen) atoms. The average Bonchev–Trinajstić information content (AvgIpc) is 3.33. The average molecular weight is 345 g/mol. The van der Waals surface area contributed by atoms with E-state index < -0.39 is 18.1 Å². The van der Waals surface area contributed by atoms with E-state index in [4.69, 9.17) is 0 Å². The molecule has 4 rings (SSSR count). The number of nitrogens with zero attached hydrogens (tertiary/aromatic N) is 3. The van der Waals surface area contributed by atoms with Crippen LogP contribution in [0.1, 0.15) is 19.8 Å². The summed E-state index contributed by atoms with van der Waals surface area (Å²) in [4.78, 5) is 28.1. The first-order valence-electron chi connectivity index (χ1n) is 8.86. The van der Waals surface area contributed by atoms with Crippen LogP contribution < -0.4 is 20.7 Å². The van der Waals surface area contributed by atoms with E-state index in [0.717, 1.165) is 30.4 Å². The standard InChI is InChI=1S/C17H23N5O3/c1-11-16(22(24)25)15(19-18-11)17(23)21-9-8-20(10-12-6-7-12)13-4-2-3-5-14(13)21/h2-5,11-12,15-16,18-19H,6-10H2,1H3. The van der Waals surface area contributed by atoms with Gasteiger partial charge in [0.15, 0.2) is 6.04 Å². The van der Waals surface area contributed by atoms with Crippen LogP contribution in [0.5, 0.6) is 0 Å². The fraction of sp³-hybridized carbons (Fsp3) is 0.588. The number of para-hydroxylation sites is 2. The summed E-state index contributed by atoms with van der Waals surface area (Å²) in [5.74, 6) is 0.521. The number of hydrazine groups is 1. The first-order chi connectivity index (χ1) is 12.1. The molecule has 2 fully saturated rings. The molecule has 2 heterocycles. The van der Waals surface area contributed by atoms with E-state index in [2.05, 4.69) is 15.8 Å². The van der Waals surface area contributed by atoms with Crippen molar-refractivity contribution in [3.63, 3.8) is 0 Å². The number of fused-ring (bicyclic) bond motifs is 1. The van der Waals surface area contributed by atoms with Crippen LogP contribution in [-0.4, -0.2) is 48.6 Å². The van der Waals surface area contributed by atoms with Gasteiger partial charge in [-0.2, -0.15) is 0 Å². The molecule has 0 aromatic heterocycles. The van der Waals surface area contributed by atoms with E-state index in [0.29, 0.717) is 6.54 Å². The zero-order valence-corrected chi connectivity index (χ0v) is 14.2. The molecule has 1 aliphatic carbocycles. The number of anilines is 2. The molecule has 1 aromatic rings. The quantitative estimate of drug-likeness (QED) is 0.618. The normalized spacial score (nSPS) is 28.8. The predicted molar refractivity (Wildman–Crippen MR) is 94.0 cm³/mol. The number of carbonyl (C=O) groups excluding carboxylic acids is 1. The minimum absolute atomic E-state index is 0.239. The minimum atomic E-state index is -0.968. The van der Waals surface area contributed by atoms with Crippen molar-refractivity contribution in [1.29, 1.82) is 0 Å². The lowest BCUT2D eigenvalue weighted by atomic mass is 10.0. The molecule has 1 aromatic carbocycles. The van der Waals surface area contributed by atoms with Gasteiger partial charge in [-0.25, -0.2) is 10.9 Å². The molecule has 3 atom stereocenters. The molecule has 1 saturated heterocycles. The summed E-state index contributed by atoms with van der Waals surface area (Å²) in [6, 6.07) is 5.63. The minimum Gasteiger partial charge on any atom is -0.368 e. The maximum Gasteiger partial charge on any atom is 0.254 e. The third-order valence-corrected chi connectivity index (χ3v) is 5.38. The smallest absolute Gasteiger partial charge is 0.254 e. The van der Waals surface area contributed by atoms with Crippen LogP contribution in [-0.2, 0) is 4.79 Å². The molecule has 3 unspecified atom stereocenters. The van der Waals surface area contributed by atoms with Crippen LogP contribution in [0.4, 0.5) is 11.4 Å². The molecular formula is C17H23N5O3. The van der Waals surface area contributed by atoms with E-state index in [1.54, 1.807) is 11.8 Å². The highest BCUT2D eigenvalue weighted by atomic mass is 16.6. The summed E-state index contributed by atoms with van der Waals surface area (Å²) >= 11 is 0. The topological polar surface area (TPSA) is 90.8 Å². The Morgan fingerprint density at radius 1 is 1.24 bits per heavy atom. The summed E-state index contributed by atoms with van der Waals surface area (Å²) in [5.41, 5.74) is 7.56. The third-order valence-electron chi connectivity index (χ3n) is 5.38. The fourth-order valence-corrected chi connectivity index (χ4v) is 3.81. The van der Waals surface area contributed by atoms with Gasteiger partial charge in [-0.1, -0.05) is 12.1 Å². The van der Waals surface area contributed by atoms with Crippen LogP contribution in [0.15, 0.2) is 24.3 Å². The summed E-state index contributed by atoms with van der Waals surface area (Å²) in [7, 11) is 0. The van der Waals surface area contributed by atoms with E-state index in [9.17, 15) is 14.9 Å². The Morgan fingerprint density at radius 2 is 1.96 bits per heavy atom. The molecule has 8 nitrogen and oxygen atoms in total. The Bertz CT molecular complexity index is 693. The van der Waals surface area contributed by atoms with Gasteiger partial charge in [0.1, 0.15) is 0 Å². The maximum atomic E-state index is 13.1. The van der Waals surface area contributed by atoms with Crippen LogP contribution in [0.2, 0.25) is 0 Å². The summed E-state index contributed by atoms with van der Waals surface area (Å²) < 4.78 is 0. The number of rotatable bonds is 4. The number of carbonyl (C=O) groups is 1.